The number of hydrogen-bond acceptors (Lipinski definition) is 3. The van der Waals surface area contributed by atoms with E-state index in [1.807, 2.05) is 4.90 Å². The normalized spacial score (nSPS) is 16.2. The summed E-state index contributed by atoms with van der Waals surface area (Å²) in [6.07, 6.45) is 2.24. The zero-order chi connectivity index (χ0) is 12.9. The molecule has 1 amide bonds. The first-order valence-corrected chi connectivity index (χ1v) is 6.68. The van der Waals surface area contributed by atoms with E-state index in [0.717, 1.165) is 39.0 Å². The Labute approximate surface area is 105 Å². The van der Waals surface area contributed by atoms with Crippen LogP contribution in [-0.2, 0) is 4.79 Å². The molecule has 1 aliphatic rings. The minimum atomic E-state index is 0.0877. The molecule has 4 nitrogen and oxygen atoms in total. The van der Waals surface area contributed by atoms with Crippen molar-refractivity contribution in [1.82, 2.24) is 9.80 Å². The average Bonchev–Trinajstić information content (AvgIpc) is 2.14. The van der Waals surface area contributed by atoms with Gasteiger partial charge in [-0.2, -0.15) is 0 Å². The molecule has 0 unspecified atom stereocenters. The summed E-state index contributed by atoms with van der Waals surface area (Å²) >= 11 is 0. The van der Waals surface area contributed by atoms with Gasteiger partial charge in [-0.05, 0) is 31.3 Å². The van der Waals surface area contributed by atoms with Gasteiger partial charge < -0.3 is 10.6 Å². The predicted octanol–water partition coefficient (Wildman–Crippen LogP) is 0.916. The number of nitrogens with two attached hydrogens (primary N) is 1. The van der Waals surface area contributed by atoms with Crippen LogP contribution in [0.5, 0.6) is 0 Å². The first-order chi connectivity index (χ1) is 7.98. The zero-order valence-corrected chi connectivity index (χ0v) is 11.5. The maximum atomic E-state index is 11.9. The maximum absolute atomic E-state index is 11.9. The molecular formula is C13H27N3O. The molecule has 0 saturated carbocycles. The summed E-state index contributed by atoms with van der Waals surface area (Å²) in [6.45, 7) is 11.4. The molecule has 1 rings (SSSR count). The largest absolute Gasteiger partial charge is 0.341 e. The quantitative estimate of drug-likeness (QED) is 0.721. The van der Waals surface area contributed by atoms with Gasteiger partial charge in [-0.15, -0.1) is 0 Å². The van der Waals surface area contributed by atoms with E-state index in [1.165, 1.54) is 0 Å². The van der Waals surface area contributed by atoms with Crippen molar-refractivity contribution in [2.24, 2.45) is 11.1 Å². The van der Waals surface area contributed by atoms with Crippen molar-refractivity contribution in [3.05, 3.63) is 0 Å². The van der Waals surface area contributed by atoms with E-state index in [1.54, 1.807) is 0 Å². The van der Waals surface area contributed by atoms with Crippen LogP contribution >= 0.6 is 0 Å². The Balaban J connectivity index is 2.44. The van der Waals surface area contributed by atoms with Gasteiger partial charge in [0.25, 0.3) is 0 Å². The number of rotatable bonds is 7. The second-order valence-corrected chi connectivity index (χ2v) is 5.81. The summed E-state index contributed by atoms with van der Waals surface area (Å²) < 4.78 is 0. The van der Waals surface area contributed by atoms with E-state index in [4.69, 9.17) is 5.73 Å². The molecule has 1 aliphatic heterocycles. The molecule has 0 aromatic heterocycles. The van der Waals surface area contributed by atoms with Crippen molar-refractivity contribution in [3.63, 3.8) is 0 Å². The molecule has 4 heteroatoms. The molecule has 1 saturated heterocycles. The van der Waals surface area contributed by atoms with Crippen LogP contribution in [0.15, 0.2) is 0 Å². The lowest BCUT2D eigenvalue weighted by Crippen LogP contribution is -2.49. The zero-order valence-electron chi connectivity index (χ0n) is 11.5. The lowest BCUT2D eigenvalue weighted by molar-refractivity contribution is -0.136. The second kappa shape index (κ2) is 6.36. The third-order valence-electron chi connectivity index (χ3n) is 3.31. The fourth-order valence-electron chi connectivity index (χ4n) is 2.06. The van der Waals surface area contributed by atoms with Gasteiger partial charge in [-0.3, -0.25) is 9.69 Å². The van der Waals surface area contributed by atoms with Gasteiger partial charge in [0.15, 0.2) is 0 Å². The monoisotopic (exact) mass is 241 g/mol. The van der Waals surface area contributed by atoms with Crippen molar-refractivity contribution in [2.75, 3.05) is 39.3 Å². The van der Waals surface area contributed by atoms with E-state index < -0.39 is 0 Å². The van der Waals surface area contributed by atoms with Gasteiger partial charge in [0.1, 0.15) is 0 Å². The average molecular weight is 241 g/mol. The van der Waals surface area contributed by atoms with Crippen molar-refractivity contribution in [2.45, 2.75) is 33.6 Å². The molecule has 1 fully saturated rings. The van der Waals surface area contributed by atoms with Crippen LogP contribution in [0.3, 0.4) is 0 Å². The van der Waals surface area contributed by atoms with Crippen LogP contribution in [-0.4, -0.2) is 55.0 Å². The molecule has 0 spiro atoms. The highest BCUT2D eigenvalue weighted by molar-refractivity contribution is 5.78. The molecule has 1 heterocycles. The minimum Gasteiger partial charge on any atom is -0.341 e. The molecular weight excluding hydrogens is 214 g/mol. The minimum absolute atomic E-state index is 0.0877. The van der Waals surface area contributed by atoms with Crippen LogP contribution in [0, 0.1) is 5.41 Å². The van der Waals surface area contributed by atoms with Gasteiger partial charge in [0.2, 0.25) is 5.91 Å². The fraction of sp³-hybridized carbons (Fsp3) is 0.923. The summed E-state index contributed by atoms with van der Waals surface area (Å²) in [5.74, 6) is 0.275. The fourth-order valence-corrected chi connectivity index (χ4v) is 2.06. The molecule has 0 aromatic carbocycles. The smallest absolute Gasteiger partial charge is 0.236 e. The highest BCUT2D eigenvalue weighted by Gasteiger charge is 2.25. The van der Waals surface area contributed by atoms with E-state index in [9.17, 15) is 4.79 Å². The summed E-state index contributed by atoms with van der Waals surface area (Å²) in [7, 11) is 0. The SMILES string of the molecule is CCCN(CC(=O)N1CCC1)CC(C)(C)CN. The lowest BCUT2D eigenvalue weighted by Gasteiger charge is -2.35. The maximum Gasteiger partial charge on any atom is 0.236 e. The molecule has 0 aliphatic carbocycles. The number of carbonyl (C=O) groups excluding carboxylic acids is 1. The molecule has 2 N–H and O–H groups in total. The molecule has 17 heavy (non-hydrogen) atoms. The first kappa shape index (κ1) is 14.5. The van der Waals surface area contributed by atoms with E-state index in [-0.39, 0.29) is 11.3 Å². The summed E-state index contributed by atoms with van der Waals surface area (Å²) in [4.78, 5) is 16.1. The Morgan fingerprint density at radius 2 is 2.06 bits per heavy atom. The van der Waals surface area contributed by atoms with Crippen LogP contribution in [0.25, 0.3) is 0 Å². The summed E-state index contributed by atoms with van der Waals surface area (Å²) in [5, 5.41) is 0. The Kier molecular flexibility index (Phi) is 5.40. The van der Waals surface area contributed by atoms with E-state index in [2.05, 4.69) is 25.7 Å². The summed E-state index contributed by atoms with van der Waals surface area (Å²) in [6, 6.07) is 0. The third kappa shape index (κ3) is 4.64. The van der Waals surface area contributed by atoms with E-state index in [0.29, 0.717) is 13.1 Å². The van der Waals surface area contributed by atoms with Crippen molar-refractivity contribution in [3.8, 4) is 0 Å². The van der Waals surface area contributed by atoms with Crippen molar-refractivity contribution >= 4 is 5.91 Å². The highest BCUT2D eigenvalue weighted by atomic mass is 16.2. The van der Waals surface area contributed by atoms with Gasteiger partial charge in [0, 0.05) is 19.6 Å². The number of amides is 1. The number of likely N-dealkylation sites (tertiary alicyclic amines) is 1. The Bertz CT molecular complexity index is 249. The highest BCUT2D eigenvalue weighted by Crippen LogP contribution is 2.16. The molecule has 0 aromatic rings. The van der Waals surface area contributed by atoms with Gasteiger partial charge in [-0.25, -0.2) is 0 Å². The predicted molar refractivity (Wildman–Crippen MR) is 70.8 cm³/mol. The number of carbonyl (C=O) groups is 1. The Morgan fingerprint density at radius 1 is 1.41 bits per heavy atom. The van der Waals surface area contributed by atoms with Gasteiger partial charge in [-0.1, -0.05) is 20.8 Å². The topological polar surface area (TPSA) is 49.6 Å². The standard InChI is InChI=1S/C13H27N3O/c1-4-6-15(11-13(2,3)10-14)9-12(17)16-7-5-8-16/h4-11,14H2,1-3H3. The van der Waals surface area contributed by atoms with Gasteiger partial charge >= 0.3 is 0 Å². The third-order valence-corrected chi connectivity index (χ3v) is 3.31. The molecule has 0 radical (unpaired) electrons. The van der Waals surface area contributed by atoms with E-state index >= 15 is 0 Å². The first-order valence-electron chi connectivity index (χ1n) is 6.68. The Morgan fingerprint density at radius 3 is 2.47 bits per heavy atom. The van der Waals surface area contributed by atoms with Crippen molar-refractivity contribution in [1.29, 1.82) is 0 Å². The number of nitrogens with zero attached hydrogens (tertiary/aromatic N) is 2. The van der Waals surface area contributed by atoms with Crippen molar-refractivity contribution < 1.29 is 4.79 Å². The van der Waals surface area contributed by atoms with Crippen LogP contribution in [0.1, 0.15) is 33.6 Å². The molecule has 0 atom stereocenters. The summed E-state index contributed by atoms with van der Waals surface area (Å²) in [5.41, 5.74) is 5.84. The molecule has 0 bridgehead atoms. The molecule has 100 valence electrons. The Hall–Kier alpha value is -0.610. The number of hydrogen-bond donors (Lipinski definition) is 1. The van der Waals surface area contributed by atoms with Crippen LogP contribution in [0.2, 0.25) is 0 Å². The van der Waals surface area contributed by atoms with Crippen LogP contribution < -0.4 is 5.73 Å². The lowest BCUT2D eigenvalue weighted by atomic mass is 9.93. The van der Waals surface area contributed by atoms with Crippen LogP contribution in [0.4, 0.5) is 0 Å². The van der Waals surface area contributed by atoms with Gasteiger partial charge in [0.05, 0.1) is 6.54 Å². The second-order valence-electron chi connectivity index (χ2n) is 5.81.